The molecule has 0 fully saturated rings. The number of aryl methyl sites for hydroxylation is 1. The topological polar surface area (TPSA) is 23.4 Å². The van der Waals surface area contributed by atoms with Crippen molar-refractivity contribution in [3.63, 3.8) is 0 Å². The lowest BCUT2D eigenvalue weighted by atomic mass is 9.52. The lowest BCUT2D eigenvalue weighted by Crippen LogP contribution is -2.52. The van der Waals surface area contributed by atoms with Crippen LogP contribution >= 0.6 is 0 Å². The van der Waals surface area contributed by atoms with Gasteiger partial charge in [0.15, 0.2) is 0 Å². The maximum atomic E-state index is 7.04. The minimum Gasteiger partial charge on any atom is -0.486 e. The van der Waals surface area contributed by atoms with E-state index >= 15 is 0 Å². The summed E-state index contributed by atoms with van der Waals surface area (Å²) >= 11 is 0. The Morgan fingerprint density at radius 1 is 0.731 bits per heavy atom. The van der Waals surface area contributed by atoms with Gasteiger partial charge in [-0.1, -0.05) is 103 Å². The fourth-order valence-corrected chi connectivity index (χ4v) is 10.8. The van der Waals surface area contributed by atoms with Crippen LogP contribution in [0.5, 0.6) is 11.5 Å². The minimum absolute atomic E-state index is 0.0782. The summed E-state index contributed by atoms with van der Waals surface area (Å²) < 4.78 is 16.6. The van der Waals surface area contributed by atoms with Crippen LogP contribution in [0.25, 0.3) is 28.1 Å². The lowest BCUT2D eigenvalue weighted by molar-refractivity contribution is 0.0615. The summed E-state index contributed by atoms with van der Waals surface area (Å²) in [5.41, 5.74) is 10.2. The molecule has 5 aliphatic carbocycles. The van der Waals surface area contributed by atoms with Gasteiger partial charge in [-0.15, -0.1) is 0 Å². The molecule has 0 N–H and O–H groups in total. The molecule has 6 unspecified atom stereocenters. The SMILES string of the molecule is C1=CCC(n2c3c(c4c(-c5ccc6c(c5)C5(C7=C(C=CCC7C7C=CCCC7)OC7C=CC=CC75)c5ccccc5O6)cccc42)CCC=C3)C=C1. The van der Waals surface area contributed by atoms with Gasteiger partial charge in [0.25, 0.3) is 0 Å². The molecule has 3 nitrogen and oxygen atoms in total. The number of aromatic nitrogens is 1. The summed E-state index contributed by atoms with van der Waals surface area (Å²) in [6.07, 6.45) is 40.2. The summed E-state index contributed by atoms with van der Waals surface area (Å²) in [7, 11) is 0. The van der Waals surface area contributed by atoms with Crippen molar-refractivity contribution in [2.45, 2.75) is 62.5 Å². The summed E-state index contributed by atoms with van der Waals surface area (Å²) in [5.74, 6) is 3.87. The first-order chi connectivity index (χ1) is 25.8. The number of para-hydroxylation sites is 1. The highest BCUT2D eigenvalue weighted by molar-refractivity contribution is 6.01. The molecule has 1 aromatic heterocycles. The molecule has 0 radical (unpaired) electrons. The number of rotatable bonds is 3. The average molecular weight is 678 g/mol. The second-order valence-corrected chi connectivity index (χ2v) is 15.5. The smallest absolute Gasteiger partial charge is 0.131 e. The third kappa shape index (κ3) is 4.32. The highest BCUT2D eigenvalue weighted by atomic mass is 16.5. The Morgan fingerprint density at radius 2 is 1.65 bits per heavy atom. The van der Waals surface area contributed by atoms with Crippen molar-refractivity contribution in [3.8, 4) is 22.6 Å². The average Bonchev–Trinajstić information content (AvgIpc) is 3.56. The molecule has 3 heterocycles. The summed E-state index contributed by atoms with van der Waals surface area (Å²) in [4.78, 5) is 0. The van der Waals surface area contributed by atoms with Gasteiger partial charge in [-0.25, -0.2) is 0 Å². The minimum atomic E-state index is -0.457. The van der Waals surface area contributed by atoms with Gasteiger partial charge >= 0.3 is 0 Å². The third-order valence-electron chi connectivity index (χ3n) is 12.9. The van der Waals surface area contributed by atoms with Crippen molar-refractivity contribution in [1.29, 1.82) is 0 Å². The van der Waals surface area contributed by atoms with Gasteiger partial charge in [-0.2, -0.15) is 0 Å². The van der Waals surface area contributed by atoms with Gasteiger partial charge in [-0.3, -0.25) is 0 Å². The van der Waals surface area contributed by atoms with Crippen LogP contribution in [0, 0.1) is 17.8 Å². The van der Waals surface area contributed by atoms with Crippen molar-refractivity contribution in [1.82, 2.24) is 4.57 Å². The zero-order chi connectivity index (χ0) is 34.2. The van der Waals surface area contributed by atoms with Crippen molar-refractivity contribution in [2.24, 2.45) is 17.8 Å². The second kappa shape index (κ2) is 11.9. The maximum Gasteiger partial charge on any atom is 0.131 e. The van der Waals surface area contributed by atoms with Gasteiger partial charge in [0, 0.05) is 33.6 Å². The largest absolute Gasteiger partial charge is 0.486 e. The normalized spacial score (nSPS) is 29.0. The predicted octanol–water partition coefficient (Wildman–Crippen LogP) is 12.0. The van der Waals surface area contributed by atoms with Gasteiger partial charge in [0.05, 0.1) is 11.5 Å². The van der Waals surface area contributed by atoms with Gasteiger partial charge in [0.1, 0.15) is 23.4 Å². The first kappa shape index (κ1) is 30.4. The molecule has 6 atom stereocenters. The van der Waals surface area contributed by atoms with Gasteiger partial charge < -0.3 is 14.0 Å². The Bertz CT molecular complexity index is 2390. The van der Waals surface area contributed by atoms with E-state index in [1.165, 1.54) is 69.2 Å². The van der Waals surface area contributed by atoms with Crippen molar-refractivity contribution >= 4 is 17.0 Å². The van der Waals surface area contributed by atoms with Crippen molar-refractivity contribution in [2.75, 3.05) is 0 Å². The molecule has 11 rings (SSSR count). The van der Waals surface area contributed by atoms with Gasteiger partial charge in [-0.05, 0) is 122 Å². The summed E-state index contributed by atoms with van der Waals surface area (Å²) in [5, 5.41) is 1.40. The Labute approximate surface area is 306 Å². The Hall–Kier alpha value is -5.28. The van der Waals surface area contributed by atoms with Crippen molar-refractivity contribution in [3.05, 3.63) is 173 Å². The zero-order valence-corrected chi connectivity index (χ0v) is 29.5. The Balaban J connectivity index is 1.19. The molecule has 0 amide bonds. The maximum absolute atomic E-state index is 7.04. The quantitative estimate of drug-likeness (QED) is 0.202. The van der Waals surface area contributed by atoms with E-state index in [0.717, 1.165) is 42.9 Å². The van der Waals surface area contributed by atoms with E-state index in [-0.39, 0.29) is 12.0 Å². The van der Waals surface area contributed by atoms with Crippen LogP contribution in [0.15, 0.2) is 151 Å². The predicted molar refractivity (Wildman–Crippen MR) is 211 cm³/mol. The van der Waals surface area contributed by atoms with Crippen LogP contribution in [-0.4, -0.2) is 10.7 Å². The van der Waals surface area contributed by atoms with E-state index in [9.17, 15) is 0 Å². The Kier molecular flexibility index (Phi) is 6.94. The lowest BCUT2D eigenvalue weighted by Gasteiger charge is -2.55. The van der Waals surface area contributed by atoms with E-state index < -0.39 is 5.41 Å². The number of hydrogen-bond acceptors (Lipinski definition) is 2. The summed E-state index contributed by atoms with van der Waals surface area (Å²) in [6, 6.07) is 23.2. The second-order valence-electron chi connectivity index (χ2n) is 15.5. The first-order valence-electron chi connectivity index (χ1n) is 19.5. The van der Waals surface area contributed by atoms with Crippen molar-refractivity contribution < 1.29 is 9.47 Å². The molecule has 4 aromatic rings. The zero-order valence-electron chi connectivity index (χ0n) is 29.5. The fourth-order valence-electron chi connectivity index (χ4n) is 10.8. The van der Waals surface area contributed by atoms with Crippen LogP contribution in [-0.2, 0) is 16.6 Å². The van der Waals surface area contributed by atoms with Crippen LogP contribution in [0.3, 0.4) is 0 Å². The van der Waals surface area contributed by atoms with E-state index in [1.807, 2.05) is 0 Å². The highest BCUT2D eigenvalue weighted by Crippen LogP contribution is 2.64. The molecule has 0 saturated carbocycles. The molecule has 1 spiro atoms. The monoisotopic (exact) mass is 677 g/mol. The number of nitrogens with zero attached hydrogens (tertiary/aromatic N) is 1. The van der Waals surface area contributed by atoms with Crippen LogP contribution in [0.4, 0.5) is 0 Å². The van der Waals surface area contributed by atoms with E-state index in [4.69, 9.17) is 9.47 Å². The number of benzene rings is 3. The first-order valence-corrected chi connectivity index (χ1v) is 19.5. The number of hydrogen-bond donors (Lipinski definition) is 0. The molecule has 7 aliphatic rings. The number of fused-ring (bicyclic) bond motifs is 10. The summed E-state index contributed by atoms with van der Waals surface area (Å²) in [6.45, 7) is 0. The van der Waals surface area contributed by atoms with E-state index in [2.05, 4.69) is 150 Å². The molecular formula is C49H43NO2. The van der Waals surface area contributed by atoms with Crippen LogP contribution in [0.2, 0.25) is 0 Å². The van der Waals surface area contributed by atoms with Gasteiger partial charge in [0.2, 0.25) is 0 Å². The third-order valence-corrected chi connectivity index (χ3v) is 12.9. The molecule has 256 valence electrons. The fraction of sp³-hybridized carbons (Fsp3) is 0.265. The molecule has 0 saturated heterocycles. The molecule has 2 aliphatic heterocycles. The molecule has 3 heteroatoms. The number of allylic oxidation sites excluding steroid dienone is 12. The molecule has 52 heavy (non-hydrogen) atoms. The van der Waals surface area contributed by atoms with E-state index in [0.29, 0.717) is 17.9 Å². The molecule has 0 bridgehead atoms. The molecular weight excluding hydrogens is 635 g/mol. The highest BCUT2D eigenvalue weighted by Gasteiger charge is 2.58. The van der Waals surface area contributed by atoms with E-state index in [1.54, 1.807) is 0 Å². The molecule has 3 aromatic carbocycles. The van der Waals surface area contributed by atoms with Crippen LogP contribution in [0.1, 0.15) is 67.0 Å². The standard InChI is InChI=1S/C49H43NO2/c1-3-15-32(16-4-1)36-21-14-28-46-48(36)49(39-23-9-12-27-44(39)52-46)38-22-8-11-26-43(38)51-45-30-29-33(31-40(45)49)35-20-13-25-42-47(35)37-19-7-10-24-41(37)50(42)34-17-5-2-6-18-34/h2-3,5-6,8-15,17,20,22-32,34,36,39,44H,1,4,7,16,18-19,21H2. The van der Waals surface area contributed by atoms with Crippen LogP contribution < -0.4 is 4.74 Å². The Morgan fingerprint density at radius 3 is 2.58 bits per heavy atom. The number of ether oxygens (including phenoxy) is 2.